The van der Waals surface area contributed by atoms with Crippen molar-refractivity contribution in [3.63, 3.8) is 0 Å². The summed E-state index contributed by atoms with van der Waals surface area (Å²) in [6.45, 7) is 1.25. The Morgan fingerprint density at radius 2 is 1.67 bits per heavy atom. The van der Waals surface area contributed by atoms with Crippen LogP contribution in [0.25, 0.3) is 0 Å². The molecular weight excluding hydrogens is 252 g/mol. The number of amides is 1. The zero-order valence-corrected chi connectivity index (χ0v) is 10.7. The third-order valence-corrected chi connectivity index (χ3v) is 5.15. The number of hydrazine groups is 1. The van der Waals surface area contributed by atoms with Crippen molar-refractivity contribution >= 4 is 15.9 Å². The molecule has 0 spiro atoms. The van der Waals surface area contributed by atoms with Crippen molar-refractivity contribution in [2.24, 2.45) is 0 Å². The molecule has 0 bridgehead atoms. The number of benzene rings is 1. The van der Waals surface area contributed by atoms with E-state index in [0.29, 0.717) is 13.1 Å². The number of fused-ring (bicyclic) bond motifs is 1. The maximum atomic E-state index is 12.4. The zero-order valence-electron chi connectivity index (χ0n) is 9.87. The minimum atomic E-state index is -3.69. The first-order chi connectivity index (χ1) is 8.62. The van der Waals surface area contributed by atoms with Gasteiger partial charge in [0.15, 0.2) is 0 Å². The molecule has 1 amide bonds. The van der Waals surface area contributed by atoms with E-state index in [1.165, 1.54) is 6.07 Å². The van der Waals surface area contributed by atoms with Crippen molar-refractivity contribution in [2.45, 2.75) is 24.2 Å². The first kappa shape index (κ1) is 11.7. The summed E-state index contributed by atoms with van der Waals surface area (Å²) in [5.41, 5.74) is 0.281. The number of piperidine rings is 1. The Kier molecular flexibility index (Phi) is 2.64. The summed E-state index contributed by atoms with van der Waals surface area (Å²) in [5, 5.41) is 1.65. The van der Waals surface area contributed by atoms with E-state index in [0.717, 1.165) is 23.7 Å². The molecule has 0 radical (unpaired) electrons. The molecule has 2 aliphatic heterocycles. The fourth-order valence-electron chi connectivity index (χ4n) is 2.51. The van der Waals surface area contributed by atoms with Crippen LogP contribution in [-0.2, 0) is 10.0 Å². The van der Waals surface area contributed by atoms with Crippen LogP contribution in [0, 0.1) is 0 Å². The average Bonchev–Trinajstić information content (AvgIpc) is 2.59. The monoisotopic (exact) mass is 266 g/mol. The van der Waals surface area contributed by atoms with Gasteiger partial charge in [0.2, 0.25) is 0 Å². The lowest BCUT2D eigenvalue weighted by Gasteiger charge is -2.32. The molecule has 1 saturated heterocycles. The van der Waals surface area contributed by atoms with E-state index >= 15 is 0 Å². The van der Waals surface area contributed by atoms with Crippen LogP contribution in [0.5, 0.6) is 0 Å². The molecule has 0 saturated carbocycles. The van der Waals surface area contributed by atoms with Crippen LogP contribution in [0.15, 0.2) is 29.2 Å². The maximum Gasteiger partial charge on any atom is 0.284 e. The molecule has 0 aromatic heterocycles. The van der Waals surface area contributed by atoms with E-state index in [2.05, 4.69) is 0 Å². The highest BCUT2D eigenvalue weighted by Gasteiger charge is 2.44. The molecule has 5 nitrogen and oxygen atoms in total. The highest BCUT2D eigenvalue weighted by atomic mass is 32.2. The maximum absolute atomic E-state index is 12.4. The summed E-state index contributed by atoms with van der Waals surface area (Å²) >= 11 is 0. The summed E-state index contributed by atoms with van der Waals surface area (Å²) in [7, 11) is -3.69. The highest BCUT2D eigenvalue weighted by Crippen LogP contribution is 2.32. The second kappa shape index (κ2) is 4.07. The minimum absolute atomic E-state index is 0.126. The normalized spacial score (nSPS) is 23.1. The van der Waals surface area contributed by atoms with Crippen LogP contribution in [0.2, 0.25) is 0 Å². The first-order valence-electron chi connectivity index (χ1n) is 6.06. The molecule has 3 rings (SSSR count). The van der Waals surface area contributed by atoms with Crippen LogP contribution >= 0.6 is 0 Å². The Bertz CT molecular complexity index is 591. The molecule has 1 fully saturated rings. The molecule has 0 atom stereocenters. The molecule has 6 heteroatoms. The molecule has 18 heavy (non-hydrogen) atoms. The Balaban J connectivity index is 2.06. The minimum Gasteiger partial charge on any atom is -0.266 e. The third kappa shape index (κ3) is 1.56. The molecule has 0 unspecified atom stereocenters. The van der Waals surface area contributed by atoms with Crippen molar-refractivity contribution in [3.05, 3.63) is 29.8 Å². The number of rotatable bonds is 1. The van der Waals surface area contributed by atoms with Gasteiger partial charge in [-0.2, -0.15) is 12.8 Å². The van der Waals surface area contributed by atoms with Gasteiger partial charge >= 0.3 is 0 Å². The van der Waals surface area contributed by atoms with Crippen LogP contribution in [0.1, 0.15) is 29.6 Å². The van der Waals surface area contributed by atoms with Gasteiger partial charge in [-0.25, -0.2) is 5.01 Å². The van der Waals surface area contributed by atoms with Gasteiger partial charge in [-0.05, 0) is 25.0 Å². The van der Waals surface area contributed by atoms with E-state index in [-0.39, 0.29) is 10.5 Å². The molecule has 2 heterocycles. The van der Waals surface area contributed by atoms with Gasteiger partial charge in [0, 0.05) is 13.1 Å². The molecule has 1 aromatic rings. The lowest BCUT2D eigenvalue weighted by Crippen LogP contribution is -2.48. The van der Waals surface area contributed by atoms with Crippen molar-refractivity contribution < 1.29 is 13.2 Å². The number of carbonyl (C=O) groups excluding carboxylic acids is 1. The van der Waals surface area contributed by atoms with Crippen molar-refractivity contribution in [1.82, 2.24) is 9.42 Å². The van der Waals surface area contributed by atoms with Gasteiger partial charge in [0.05, 0.1) is 5.56 Å². The van der Waals surface area contributed by atoms with Crippen molar-refractivity contribution in [3.8, 4) is 0 Å². The standard InChI is InChI=1S/C12H14N2O3S/c15-12-10-6-2-3-7-11(10)18(16,17)14(12)13-8-4-1-5-9-13/h2-3,6-7H,1,4-5,8-9H2. The topological polar surface area (TPSA) is 57.7 Å². The number of sulfonamides is 1. The van der Waals surface area contributed by atoms with Gasteiger partial charge in [-0.1, -0.05) is 18.6 Å². The quantitative estimate of drug-likeness (QED) is 0.767. The average molecular weight is 266 g/mol. The van der Waals surface area contributed by atoms with E-state index < -0.39 is 15.9 Å². The van der Waals surface area contributed by atoms with E-state index in [1.54, 1.807) is 23.2 Å². The summed E-state index contributed by atoms with van der Waals surface area (Å²) in [6, 6.07) is 6.39. The summed E-state index contributed by atoms with van der Waals surface area (Å²) in [6.07, 6.45) is 2.94. The molecule has 0 aliphatic carbocycles. The lowest BCUT2D eigenvalue weighted by atomic mass is 10.1. The smallest absolute Gasteiger partial charge is 0.266 e. The van der Waals surface area contributed by atoms with Gasteiger partial charge < -0.3 is 0 Å². The van der Waals surface area contributed by atoms with E-state index in [4.69, 9.17) is 0 Å². The molecule has 2 aliphatic rings. The summed E-state index contributed by atoms with van der Waals surface area (Å²) in [5.74, 6) is -0.424. The zero-order chi connectivity index (χ0) is 12.8. The first-order valence-corrected chi connectivity index (χ1v) is 7.50. The molecule has 1 aromatic carbocycles. The Hall–Kier alpha value is -1.40. The van der Waals surface area contributed by atoms with E-state index in [9.17, 15) is 13.2 Å². The Morgan fingerprint density at radius 1 is 1.00 bits per heavy atom. The Morgan fingerprint density at radius 3 is 2.33 bits per heavy atom. The summed E-state index contributed by atoms with van der Waals surface area (Å²) < 4.78 is 25.7. The SMILES string of the molecule is O=C1c2ccccc2S(=O)(=O)N1N1CCCCC1. The highest BCUT2D eigenvalue weighted by molar-refractivity contribution is 7.90. The predicted molar refractivity (Wildman–Crippen MR) is 65.2 cm³/mol. The molecule has 0 N–H and O–H groups in total. The largest absolute Gasteiger partial charge is 0.284 e. The summed E-state index contributed by atoms with van der Waals surface area (Å²) in [4.78, 5) is 12.3. The van der Waals surface area contributed by atoms with Gasteiger partial charge in [0.1, 0.15) is 4.90 Å². The van der Waals surface area contributed by atoms with Crippen LogP contribution in [-0.4, -0.2) is 36.8 Å². The Labute approximate surface area is 106 Å². The number of nitrogens with zero attached hydrogens (tertiary/aromatic N) is 2. The molecule has 96 valence electrons. The van der Waals surface area contributed by atoms with Crippen molar-refractivity contribution in [2.75, 3.05) is 13.1 Å². The van der Waals surface area contributed by atoms with Crippen LogP contribution in [0.4, 0.5) is 0 Å². The van der Waals surface area contributed by atoms with Gasteiger partial charge in [-0.15, -0.1) is 0 Å². The van der Waals surface area contributed by atoms with E-state index in [1.807, 2.05) is 0 Å². The number of carbonyl (C=O) groups is 1. The fourth-order valence-corrected chi connectivity index (χ4v) is 4.17. The molecular formula is C12H14N2O3S. The fraction of sp³-hybridized carbons (Fsp3) is 0.417. The van der Waals surface area contributed by atoms with Crippen LogP contribution < -0.4 is 0 Å². The second-order valence-corrected chi connectivity index (χ2v) is 6.30. The number of hydrogen-bond donors (Lipinski definition) is 0. The second-order valence-electron chi connectivity index (χ2n) is 4.56. The lowest BCUT2D eigenvalue weighted by molar-refractivity contribution is 0.0313. The predicted octanol–water partition coefficient (Wildman–Crippen LogP) is 1.23. The van der Waals surface area contributed by atoms with Crippen LogP contribution in [0.3, 0.4) is 0 Å². The number of hydrogen-bond acceptors (Lipinski definition) is 4. The third-order valence-electron chi connectivity index (χ3n) is 3.39. The van der Waals surface area contributed by atoms with Gasteiger partial charge in [0.25, 0.3) is 15.9 Å². The van der Waals surface area contributed by atoms with Crippen molar-refractivity contribution in [1.29, 1.82) is 0 Å². The van der Waals surface area contributed by atoms with Gasteiger partial charge in [-0.3, -0.25) is 4.79 Å².